The van der Waals surface area contributed by atoms with Crippen LogP contribution in [0.5, 0.6) is 5.75 Å². The second kappa shape index (κ2) is 5.45. The summed E-state index contributed by atoms with van der Waals surface area (Å²) < 4.78 is 23.9. The lowest BCUT2D eigenvalue weighted by atomic mass is 10.3. The summed E-state index contributed by atoms with van der Waals surface area (Å²) in [5, 5.41) is 3.39. The van der Waals surface area contributed by atoms with Crippen LogP contribution in [0.15, 0.2) is 40.8 Å². The second-order valence-electron chi connectivity index (χ2n) is 4.77. The molecule has 100 valence electrons. The smallest absolute Gasteiger partial charge is 0.146 e. The zero-order chi connectivity index (χ0) is 13.1. The number of hydrogen-bond donors (Lipinski definition) is 1. The van der Waals surface area contributed by atoms with E-state index in [1.165, 1.54) is 25.0 Å². The van der Waals surface area contributed by atoms with Crippen molar-refractivity contribution in [2.75, 3.05) is 0 Å². The predicted octanol–water partition coefficient (Wildman–Crippen LogP) is 3.25. The van der Waals surface area contributed by atoms with Gasteiger partial charge in [0.15, 0.2) is 0 Å². The van der Waals surface area contributed by atoms with Gasteiger partial charge in [-0.15, -0.1) is 0 Å². The van der Waals surface area contributed by atoms with E-state index in [2.05, 4.69) is 5.32 Å². The van der Waals surface area contributed by atoms with Gasteiger partial charge in [-0.2, -0.15) is 0 Å². The van der Waals surface area contributed by atoms with Crippen molar-refractivity contribution in [1.29, 1.82) is 0 Å². The van der Waals surface area contributed by atoms with Gasteiger partial charge in [0, 0.05) is 6.04 Å². The number of furan rings is 1. The van der Waals surface area contributed by atoms with Gasteiger partial charge in [-0.25, -0.2) is 4.39 Å². The van der Waals surface area contributed by atoms with Crippen LogP contribution in [-0.4, -0.2) is 6.04 Å². The van der Waals surface area contributed by atoms with Gasteiger partial charge in [0.2, 0.25) is 0 Å². The molecule has 1 aliphatic carbocycles. The quantitative estimate of drug-likeness (QED) is 0.866. The first-order chi connectivity index (χ1) is 9.29. The summed E-state index contributed by atoms with van der Waals surface area (Å²) in [4.78, 5) is 0. The molecule has 1 N–H and O–H groups in total. The van der Waals surface area contributed by atoms with E-state index in [4.69, 9.17) is 9.15 Å². The third-order valence-corrected chi connectivity index (χ3v) is 3.05. The molecule has 0 atom stereocenters. The fourth-order valence-electron chi connectivity index (χ4n) is 1.81. The molecule has 1 aliphatic rings. The molecule has 3 rings (SSSR count). The van der Waals surface area contributed by atoms with Crippen LogP contribution in [0.4, 0.5) is 4.39 Å². The van der Waals surface area contributed by atoms with E-state index < -0.39 is 0 Å². The fraction of sp³-hybridized carbons (Fsp3) is 0.333. The van der Waals surface area contributed by atoms with Crippen LogP contribution >= 0.6 is 0 Å². The molecular weight excluding hydrogens is 245 g/mol. The Labute approximate surface area is 111 Å². The van der Waals surface area contributed by atoms with E-state index in [1.807, 2.05) is 12.1 Å². The molecule has 19 heavy (non-hydrogen) atoms. The lowest BCUT2D eigenvalue weighted by molar-refractivity contribution is 0.264. The Balaban J connectivity index is 1.50. The molecule has 1 fully saturated rings. The third kappa shape index (κ3) is 3.58. The molecule has 3 nitrogen and oxygen atoms in total. The molecule has 0 aliphatic heterocycles. The van der Waals surface area contributed by atoms with Crippen molar-refractivity contribution in [2.24, 2.45) is 0 Å². The Hall–Kier alpha value is -1.81. The zero-order valence-electron chi connectivity index (χ0n) is 10.6. The van der Waals surface area contributed by atoms with Gasteiger partial charge in [0.25, 0.3) is 0 Å². The number of benzene rings is 1. The van der Waals surface area contributed by atoms with Gasteiger partial charge in [-0.1, -0.05) is 0 Å². The molecule has 4 heteroatoms. The Morgan fingerprint density at radius 2 is 1.84 bits per heavy atom. The largest absolute Gasteiger partial charge is 0.486 e. The van der Waals surface area contributed by atoms with Crippen molar-refractivity contribution < 1.29 is 13.5 Å². The molecule has 0 unspecified atom stereocenters. The van der Waals surface area contributed by atoms with Gasteiger partial charge >= 0.3 is 0 Å². The maximum Gasteiger partial charge on any atom is 0.146 e. The molecule has 0 spiro atoms. The first-order valence-corrected chi connectivity index (χ1v) is 6.49. The Morgan fingerprint density at radius 3 is 2.58 bits per heavy atom. The number of nitrogens with one attached hydrogen (secondary N) is 1. The van der Waals surface area contributed by atoms with Crippen LogP contribution in [0.2, 0.25) is 0 Å². The Bertz CT molecular complexity index is 531. The van der Waals surface area contributed by atoms with E-state index in [1.54, 1.807) is 12.1 Å². The maximum absolute atomic E-state index is 12.7. The molecular formula is C15H16FNO2. The molecule has 0 bridgehead atoms. The average molecular weight is 261 g/mol. The zero-order valence-corrected chi connectivity index (χ0v) is 10.6. The van der Waals surface area contributed by atoms with E-state index in [-0.39, 0.29) is 5.82 Å². The highest BCUT2D eigenvalue weighted by atomic mass is 19.1. The first kappa shape index (κ1) is 12.2. The number of hydrogen-bond acceptors (Lipinski definition) is 3. The van der Waals surface area contributed by atoms with Crippen LogP contribution in [0.25, 0.3) is 0 Å². The summed E-state index contributed by atoms with van der Waals surface area (Å²) in [7, 11) is 0. The van der Waals surface area contributed by atoms with Crippen molar-refractivity contribution >= 4 is 0 Å². The van der Waals surface area contributed by atoms with Crippen molar-refractivity contribution in [2.45, 2.75) is 32.0 Å². The van der Waals surface area contributed by atoms with Crippen LogP contribution in [0, 0.1) is 5.82 Å². The second-order valence-corrected chi connectivity index (χ2v) is 4.77. The predicted molar refractivity (Wildman–Crippen MR) is 69.3 cm³/mol. The van der Waals surface area contributed by atoms with Crippen LogP contribution < -0.4 is 10.1 Å². The SMILES string of the molecule is Fc1ccc(OCc2ccc(CNC3CC3)o2)cc1. The molecule has 1 heterocycles. The minimum absolute atomic E-state index is 0.265. The molecule has 0 radical (unpaired) electrons. The highest BCUT2D eigenvalue weighted by Gasteiger charge is 2.20. The molecule has 1 saturated carbocycles. The minimum atomic E-state index is -0.265. The van der Waals surface area contributed by atoms with Crippen molar-refractivity contribution in [3.8, 4) is 5.75 Å². The lowest BCUT2D eigenvalue weighted by Crippen LogP contribution is -2.14. The van der Waals surface area contributed by atoms with Crippen molar-refractivity contribution in [3.05, 3.63) is 53.7 Å². The Morgan fingerprint density at radius 1 is 1.11 bits per heavy atom. The minimum Gasteiger partial charge on any atom is -0.486 e. The van der Waals surface area contributed by atoms with E-state index in [9.17, 15) is 4.39 Å². The standard InChI is InChI=1S/C15H16FNO2/c16-11-1-5-13(6-2-11)18-10-15-8-7-14(19-15)9-17-12-3-4-12/h1-2,5-8,12,17H,3-4,9-10H2. The van der Waals surface area contributed by atoms with E-state index in [0.717, 1.165) is 18.1 Å². The van der Waals surface area contributed by atoms with Crippen LogP contribution in [0.1, 0.15) is 24.4 Å². The molecule has 2 aromatic rings. The monoisotopic (exact) mass is 261 g/mol. The summed E-state index contributed by atoms with van der Waals surface area (Å²) in [6.45, 7) is 1.12. The first-order valence-electron chi connectivity index (χ1n) is 6.49. The summed E-state index contributed by atoms with van der Waals surface area (Å²) in [5.74, 6) is 2.07. The van der Waals surface area contributed by atoms with Crippen molar-refractivity contribution in [1.82, 2.24) is 5.32 Å². The van der Waals surface area contributed by atoms with Gasteiger partial charge in [-0.3, -0.25) is 0 Å². The number of ether oxygens (including phenoxy) is 1. The highest BCUT2D eigenvalue weighted by molar-refractivity contribution is 5.22. The van der Waals surface area contributed by atoms with Crippen LogP contribution in [-0.2, 0) is 13.2 Å². The van der Waals surface area contributed by atoms with Gasteiger partial charge in [-0.05, 0) is 49.2 Å². The topological polar surface area (TPSA) is 34.4 Å². The maximum atomic E-state index is 12.7. The van der Waals surface area contributed by atoms with Crippen molar-refractivity contribution in [3.63, 3.8) is 0 Å². The summed E-state index contributed by atoms with van der Waals surface area (Å²) in [6, 6.07) is 10.5. The third-order valence-electron chi connectivity index (χ3n) is 3.05. The van der Waals surface area contributed by atoms with Gasteiger partial charge in [0.05, 0.1) is 6.54 Å². The lowest BCUT2D eigenvalue weighted by Gasteiger charge is -2.03. The highest BCUT2D eigenvalue weighted by Crippen LogP contribution is 2.20. The van der Waals surface area contributed by atoms with E-state index >= 15 is 0 Å². The molecule has 0 amide bonds. The Kier molecular flexibility index (Phi) is 3.51. The summed E-state index contributed by atoms with van der Waals surface area (Å²) in [5.41, 5.74) is 0. The van der Waals surface area contributed by atoms with Gasteiger partial charge < -0.3 is 14.5 Å². The van der Waals surface area contributed by atoms with Crippen LogP contribution in [0.3, 0.4) is 0 Å². The summed E-state index contributed by atoms with van der Waals surface area (Å²) in [6.07, 6.45) is 2.53. The normalized spacial score (nSPS) is 14.6. The number of halogens is 1. The average Bonchev–Trinajstić information content (AvgIpc) is 3.15. The van der Waals surface area contributed by atoms with E-state index in [0.29, 0.717) is 18.4 Å². The fourth-order valence-corrected chi connectivity index (χ4v) is 1.81. The molecule has 1 aromatic heterocycles. The molecule has 1 aromatic carbocycles. The van der Waals surface area contributed by atoms with Gasteiger partial charge in [0.1, 0.15) is 29.7 Å². The molecule has 0 saturated heterocycles. The number of rotatable bonds is 6. The summed E-state index contributed by atoms with van der Waals surface area (Å²) >= 11 is 0.